The molecule has 84 valence electrons. The van der Waals surface area contributed by atoms with Gasteiger partial charge in [-0.05, 0) is 32.4 Å². The summed E-state index contributed by atoms with van der Waals surface area (Å²) in [5, 5.41) is 6.35. The monoisotopic (exact) mass is 202 g/mol. The molecule has 0 radical (unpaired) electrons. The van der Waals surface area contributed by atoms with Crippen molar-refractivity contribution in [2.24, 2.45) is 0 Å². The van der Waals surface area contributed by atoms with E-state index >= 15 is 0 Å². The Morgan fingerprint density at radius 1 is 0.643 bits per heavy atom. The van der Waals surface area contributed by atoms with Gasteiger partial charge in [0.1, 0.15) is 0 Å². The average molecular weight is 202 g/mol. The lowest BCUT2D eigenvalue weighted by molar-refractivity contribution is 0.132. The molecule has 0 amide bonds. The fraction of sp³-hybridized carbons (Fsp3) is 1.00. The summed E-state index contributed by atoms with van der Waals surface area (Å²) in [6, 6.07) is 0. The van der Waals surface area contributed by atoms with Crippen molar-refractivity contribution < 1.29 is 9.47 Å². The Bertz CT molecular complexity index is 69.4. The number of nitrogens with one attached hydrogen (secondary N) is 2. The summed E-state index contributed by atoms with van der Waals surface area (Å²) in [5.74, 6) is 0. The van der Waals surface area contributed by atoms with E-state index in [0.29, 0.717) is 0 Å². The van der Waals surface area contributed by atoms with Crippen LogP contribution in [0.1, 0.15) is 19.3 Å². The quantitative estimate of drug-likeness (QED) is 0.594. The number of ether oxygens (including phenoxy) is 2. The lowest BCUT2D eigenvalue weighted by Crippen LogP contribution is -2.15. The van der Waals surface area contributed by atoms with E-state index in [2.05, 4.69) is 10.6 Å². The van der Waals surface area contributed by atoms with Gasteiger partial charge in [-0.25, -0.2) is 0 Å². The van der Waals surface area contributed by atoms with Crippen LogP contribution in [0.25, 0.3) is 0 Å². The van der Waals surface area contributed by atoms with Crippen LogP contribution in [0.15, 0.2) is 0 Å². The highest BCUT2D eigenvalue weighted by atomic mass is 16.5. The van der Waals surface area contributed by atoms with E-state index < -0.39 is 0 Å². The molecule has 2 saturated heterocycles. The summed E-state index contributed by atoms with van der Waals surface area (Å²) >= 11 is 0. The molecule has 0 saturated carbocycles. The zero-order chi connectivity index (χ0) is 9.90. The molecule has 0 bridgehead atoms. The van der Waals surface area contributed by atoms with Gasteiger partial charge in [-0.2, -0.15) is 0 Å². The fourth-order valence-corrected chi connectivity index (χ4v) is 1.34. The zero-order valence-corrected chi connectivity index (χ0v) is 8.89. The van der Waals surface area contributed by atoms with Crippen LogP contribution >= 0.6 is 0 Å². The van der Waals surface area contributed by atoms with Crippen molar-refractivity contribution in [2.75, 3.05) is 46.2 Å². The van der Waals surface area contributed by atoms with Gasteiger partial charge >= 0.3 is 0 Å². The molecule has 0 atom stereocenters. The number of hydrogen-bond donors (Lipinski definition) is 2. The smallest absolute Gasteiger partial charge is 0.0965 e. The number of hydrogen-bond acceptors (Lipinski definition) is 4. The first-order valence-corrected chi connectivity index (χ1v) is 5.57. The SMILES string of the molecule is C1CCOCNC1.C1CNCCOC1. The molecule has 4 heteroatoms. The molecule has 4 nitrogen and oxygen atoms in total. The normalized spacial score (nSPS) is 24.0. The predicted octanol–water partition coefficient (Wildman–Crippen LogP) is 0.340. The van der Waals surface area contributed by atoms with Crippen LogP contribution in [-0.2, 0) is 9.47 Å². The molecule has 2 rings (SSSR count). The Kier molecular flexibility index (Phi) is 8.00. The van der Waals surface area contributed by atoms with Gasteiger partial charge in [0.25, 0.3) is 0 Å². The molecule has 14 heavy (non-hydrogen) atoms. The summed E-state index contributed by atoms with van der Waals surface area (Å²) in [7, 11) is 0. The molecule has 0 aromatic rings. The lowest BCUT2D eigenvalue weighted by Gasteiger charge is -1.93. The van der Waals surface area contributed by atoms with E-state index in [-0.39, 0.29) is 0 Å². The molecule has 2 aliphatic rings. The van der Waals surface area contributed by atoms with Crippen LogP contribution in [0.2, 0.25) is 0 Å². The first-order valence-electron chi connectivity index (χ1n) is 5.57. The molecule has 0 unspecified atom stereocenters. The van der Waals surface area contributed by atoms with Crippen molar-refractivity contribution in [1.82, 2.24) is 10.6 Å². The van der Waals surface area contributed by atoms with Crippen molar-refractivity contribution >= 4 is 0 Å². The third-order valence-electron chi connectivity index (χ3n) is 2.16. The summed E-state index contributed by atoms with van der Waals surface area (Å²) in [6.45, 7) is 6.79. The molecule has 2 fully saturated rings. The maximum Gasteiger partial charge on any atom is 0.0965 e. The van der Waals surface area contributed by atoms with E-state index in [1.165, 1.54) is 19.3 Å². The summed E-state index contributed by atoms with van der Waals surface area (Å²) < 4.78 is 10.2. The van der Waals surface area contributed by atoms with Gasteiger partial charge in [0.05, 0.1) is 13.3 Å². The highest BCUT2D eigenvalue weighted by Crippen LogP contribution is 1.90. The average Bonchev–Trinajstić information content (AvgIpc) is 2.68. The second-order valence-corrected chi connectivity index (χ2v) is 3.48. The second-order valence-electron chi connectivity index (χ2n) is 3.48. The first-order chi connectivity index (χ1) is 7.00. The summed E-state index contributed by atoms with van der Waals surface area (Å²) in [5.41, 5.74) is 0. The van der Waals surface area contributed by atoms with Crippen LogP contribution in [0.4, 0.5) is 0 Å². The van der Waals surface area contributed by atoms with E-state index in [0.717, 1.165) is 46.2 Å². The number of rotatable bonds is 0. The molecule has 0 aliphatic carbocycles. The standard InChI is InChI=1S/2C5H11NO/c1-2-6-3-5-7-4-1;1-2-4-7-5-6-3-1/h2*6H,1-5H2. The molecule has 2 N–H and O–H groups in total. The van der Waals surface area contributed by atoms with Gasteiger partial charge in [0.15, 0.2) is 0 Å². The molecule has 0 aromatic carbocycles. The first kappa shape index (κ1) is 11.9. The van der Waals surface area contributed by atoms with Gasteiger partial charge in [-0.1, -0.05) is 0 Å². The molecule has 2 aliphatic heterocycles. The van der Waals surface area contributed by atoms with Crippen LogP contribution in [0.5, 0.6) is 0 Å². The van der Waals surface area contributed by atoms with E-state index in [9.17, 15) is 0 Å². The van der Waals surface area contributed by atoms with E-state index in [1.54, 1.807) is 0 Å². The zero-order valence-electron chi connectivity index (χ0n) is 8.89. The van der Waals surface area contributed by atoms with Crippen LogP contribution in [0, 0.1) is 0 Å². The maximum absolute atomic E-state index is 5.13. The summed E-state index contributed by atoms with van der Waals surface area (Å²) in [6.07, 6.45) is 3.65. The molecule has 0 spiro atoms. The fourth-order valence-electron chi connectivity index (χ4n) is 1.34. The minimum atomic E-state index is 0.750. The summed E-state index contributed by atoms with van der Waals surface area (Å²) in [4.78, 5) is 0. The van der Waals surface area contributed by atoms with Crippen molar-refractivity contribution in [2.45, 2.75) is 19.3 Å². The molecular formula is C10H22N2O2. The van der Waals surface area contributed by atoms with Crippen LogP contribution < -0.4 is 10.6 Å². The van der Waals surface area contributed by atoms with Crippen molar-refractivity contribution in [1.29, 1.82) is 0 Å². The minimum absolute atomic E-state index is 0.750. The van der Waals surface area contributed by atoms with Gasteiger partial charge < -0.3 is 14.8 Å². The lowest BCUT2D eigenvalue weighted by atomic mass is 10.3. The highest BCUT2D eigenvalue weighted by Gasteiger charge is 1.94. The topological polar surface area (TPSA) is 42.5 Å². The maximum atomic E-state index is 5.13. The van der Waals surface area contributed by atoms with Crippen molar-refractivity contribution in [3.63, 3.8) is 0 Å². The van der Waals surface area contributed by atoms with Crippen LogP contribution in [0.3, 0.4) is 0 Å². The Balaban J connectivity index is 0.000000140. The van der Waals surface area contributed by atoms with Gasteiger partial charge in [-0.15, -0.1) is 0 Å². The highest BCUT2D eigenvalue weighted by molar-refractivity contribution is 4.50. The van der Waals surface area contributed by atoms with Gasteiger partial charge in [0, 0.05) is 19.8 Å². The van der Waals surface area contributed by atoms with Gasteiger partial charge in [-0.3, -0.25) is 5.32 Å². The van der Waals surface area contributed by atoms with E-state index in [1.807, 2.05) is 0 Å². The minimum Gasteiger partial charge on any atom is -0.380 e. The van der Waals surface area contributed by atoms with Crippen molar-refractivity contribution in [3.05, 3.63) is 0 Å². The van der Waals surface area contributed by atoms with E-state index in [4.69, 9.17) is 9.47 Å². The molecule has 0 aromatic heterocycles. The third kappa shape index (κ3) is 7.26. The largest absolute Gasteiger partial charge is 0.380 e. The Labute approximate surface area is 86.3 Å². The third-order valence-corrected chi connectivity index (χ3v) is 2.16. The Morgan fingerprint density at radius 3 is 2.50 bits per heavy atom. The van der Waals surface area contributed by atoms with Crippen molar-refractivity contribution in [3.8, 4) is 0 Å². The Morgan fingerprint density at radius 2 is 1.50 bits per heavy atom. The Hall–Kier alpha value is -0.160. The molecular weight excluding hydrogens is 180 g/mol. The van der Waals surface area contributed by atoms with Crippen LogP contribution in [-0.4, -0.2) is 46.2 Å². The predicted molar refractivity (Wildman–Crippen MR) is 56.4 cm³/mol. The second kappa shape index (κ2) is 9.40. The van der Waals surface area contributed by atoms with Gasteiger partial charge in [0.2, 0.25) is 0 Å². The molecule has 2 heterocycles.